The predicted molar refractivity (Wildman–Crippen MR) is 97.7 cm³/mol. The molecule has 2 atom stereocenters. The molecule has 1 N–H and O–H groups in total. The molecule has 5 nitrogen and oxygen atoms in total. The number of carbonyl (C=O) groups is 2. The summed E-state index contributed by atoms with van der Waals surface area (Å²) < 4.78 is 11.2. The zero-order chi connectivity index (χ0) is 18.5. The minimum atomic E-state index is -0.979. The topological polar surface area (TPSA) is 64.6 Å². The van der Waals surface area contributed by atoms with Crippen molar-refractivity contribution in [3.63, 3.8) is 0 Å². The summed E-state index contributed by atoms with van der Waals surface area (Å²) in [6, 6.07) is 16.7. The molecule has 0 aromatic heterocycles. The second-order valence-corrected chi connectivity index (χ2v) is 6.59. The molecule has 26 heavy (non-hydrogen) atoms. The lowest BCUT2D eigenvalue weighted by Crippen LogP contribution is -2.36. The maximum absolute atomic E-state index is 12.5. The first-order chi connectivity index (χ1) is 12.5. The molecule has 1 fully saturated rings. The molecule has 1 saturated carbocycles. The van der Waals surface area contributed by atoms with E-state index in [-0.39, 0.29) is 11.9 Å². The van der Waals surface area contributed by atoms with Gasteiger partial charge in [0.25, 0.3) is 5.91 Å². The fourth-order valence-electron chi connectivity index (χ4n) is 2.56. The first-order valence-corrected chi connectivity index (χ1v) is 8.82. The SMILES string of the molecule is Cc1cccc(O[C@@H](C)C(=O)O[C@H](C(=O)NC2CC2)c2ccccc2)c1. The van der Waals surface area contributed by atoms with Crippen LogP contribution in [0.3, 0.4) is 0 Å². The highest BCUT2D eigenvalue weighted by Gasteiger charge is 2.32. The van der Waals surface area contributed by atoms with Crippen molar-refractivity contribution in [1.29, 1.82) is 0 Å². The summed E-state index contributed by atoms with van der Waals surface area (Å²) in [5.41, 5.74) is 1.68. The molecular formula is C21H23NO4. The molecule has 0 radical (unpaired) electrons. The number of rotatable bonds is 7. The number of nitrogens with one attached hydrogen (secondary N) is 1. The zero-order valence-electron chi connectivity index (χ0n) is 15.0. The van der Waals surface area contributed by atoms with Gasteiger partial charge in [0.05, 0.1) is 0 Å². The smallest absolute Gasteiger partial charge is 0.348 e. The third-order valence-corrected chi connectivity index (χ3v) is 4.13. The van der Waals surface area contributed by atoms with Crippen LogP contribution in [0.25, 0.3) is 0 Å². The summed E-state index contributed by atoms with van der Waals surface area (Å²) in [7, 11) is 0. The van der Waals surface area contributed by atoms with E-state index < -0.39 is 18.2 Å². The predicted octanol–water partition coefficient (Wildman–Crippen LogP) is 3.33. The van der Waals surface area contributed by atoms with Gasteiger partial charge in [-0.25, -0.2) is 4.79 Å². The van der Waals surface area contributed by atoms with Crippen molar-refractivity contribution in [1.82, 2.24) is 5.32 Å². The van der Waals surface area contributed by atoms with E-state index in [9.17, 15) is 9.59 Å². The van der Waals surface area contributed by atoms with Crippen LogP contribution in [0.4, 0.5) is 0 Å². The highest BCUT2D eigenvalue weighted by Crippen LogP contribution is 2.24. The van der Waals surface area contributed by atoms with Gasteiger partial charge in [-0.05, 0) is 44.4 Å². The molecule has 0 bridgehead atoms. The molecule has 136 valence electrons. The Bertz CT molecular complexity index is 771. The lowest BCUT2D eigenvalue weighted by atomic mass is 10.1. The van der Waals surface area contributed by atoms with Gasteiger partial charge in [0, 0.05) is 11.6 Å². The fraction of sp³-hybridized carbons (Fsp3) is 0.333. The third-order valence-electron chi connectivity index (χ3n) is 4.13. The summed E-state index contributed by atoms with van der Waals surface area (Å²) in [5, 5.41) is 2.90. The molecule has 3 rings (SSSR count). The molecule has 1 amide bonds. The quantitative estimate of drug-likeness (QED) is 0.776. The Labute approximate surface area is 153 Å². The van der Waals surface area contributed by atoms with Crippen LogP contribution in [0.2, 0.25) is 0 Å². The van der Waals surface area contributed by atoms with E-state index in [4.69, 9.17) is 9.47 Å². The average Bonchev–Trinajstić information content (AvgIpc) is 3.44. The number of hydrogen-bond donors (Lipinski definition) is 1. The largest absolute Gasteiger partial charge is 0.479 e. The van der Waals surface area contributed by atoms with Crippen molar-refractivity contribution in [3.8, 4) is 5.75 Å². The fourth-order valence-corrected chi connectivity index (χ4v) is 2.56. The van der Waals surface area contributed by atoms with E-state index in [1.807, 2.05) is 43.3 Å². The number of benzene rings is 2. The van der Waals surface area contributed by atoms with Crippen molar-refractivity contribution < 1.29 is 19.1 Å². The van der Waals surface area contributed by atoms with Gasteiger partial charge in [-0.1, -0.05) is 42.5 Å². The number of amides is 1. The van der Waals surface area contributed by atoms with Crippen LogP contribution in [-0.2, 0) is 14.3 Å². The normalized spacial score (nSPS) is 15.6. The van der Waals surface area contributed by atoms with Crippen LogP contribution >= 0.6 is 0 Å². The van der Waals surface area contributed by atoms with Gasteiger partial charge in [0.15, 0.2) is 6.10 Å². The second-order valence-electron chi connectivity index (χ2n) is 6.59. The molecule has 1 aliphatic carbocycles. The number of ether oxygens (including phenoxy) is 2. The van der Waals surface area contributed by atoms with Crippen LogP contribution in [-0.4, -0.2) is 24.0 Å². The minimum Gasteiger partial charge on any atom is -0.479 e. The Hall–Kier alpha value is -2.82. The number of hydrogen-bond acceptors (Lipinski definition) is 4. The van der Waals surface area contributed by atoms with Crippen LogP contribution in [0.5, 0.6) is 5.75 Å². The van der Waals surface area contributed by atoms with E-state index >= 15 is 0 Å². The highest BCUT2D eigenvalue weighted by atomic mass is 16.6. The molecule has 1 aliphatic rings. The standard InChI is InChI=1S/C21H23NO4/c1-14-7-6-10-18(13-14)25-15(2)21(24)26-19(16-8-4-3-5-9-16)20(23)22-17-11-12-17/h3-10,13,15,17,19H,11-12H2,1-2H3,(H,22,23)/t15-,19-/m0/s1. The van der Waals surface area contributed by atoms with Crippen LogP contribution in [0.1, 0.15) is 37.0 Å². The van der Waals surface area contributed by atoms with Crippen molar-refractivity contribution in [2.75, 3.05) is 0 Å². The zero-order valence-corrected chi connectivity index (χ0v) is 15.0. The van der Waals surface area contributed by atoms with E-state index in [1.165, 1.54) is 0 Å². The molecule has 0 saturated heterocycles. The maximum atomic E-state index is 12.5. The van der Waals surface area contributed by atoms with Crippen molar-refractivity contribution in [2.45, 2.75) is 44.9 Å². The van der Waals surface area contributed by atoms with Gasteiger partial charge >= 0.3 is 5.97 Å². The summed E-state index contributed by atoms with van der Waals surface area (Å²) in [5.74, 6) is -0.283. The first-order valence-electron chi connectivity index (χ1n) is 8.82. The Morgan fingerprint density at radius 2 is 1.81 bits per heavy atom. The molecule has 0 heterocycles. The Kier molecular flexibility index (Phi) is 5.56. The summed E-state index contributed by atoms with van der Waals surface area (Å²) >= 11 is 0. The van der Waals surface area contributed by atoms with Gasteiger partial charge in [0.1, 0.15) is 5.75 Å². The third kappa shape index (κ3) is 4.85. The number of carbonyl (C=O) groups excluding carboxylic acids is 2. The van der Waals surface area contributed by atoms with Crippen molar-refractivity contribution >= 4 is 11.9 Å². The highest BCUT2D eigenvalue weighted by molar-refractivity contribution is 5.86. The van der Waals surface area contributed by atoms with Gasteiger partial charge in [0.2, 0.25) is 6.10 Å². The van der Waals surface area contributed by atoms with Gasteiger partial charge in [-0.15, -0.1) is 0 Å². The molecular weight excluding hydrogens is 330 g/mol. The molecule has 0 aliphatic heterocycles. The van der Waals surface area contributed by atoms with Crippen LogP contribution in [0, 0.1) is 6.92 Å². The Morgan fingerprint density at radius 3 is 2.46 bits per heavy atom. The first kappa shape index (κ1) is 18.0. The second kappa shape index (κ2) is 8.04. The molecule has 5 heteroatoms. The molecule has 2 aromatic rings. The average molecular weight is 353 g/mol. The number of esters is 1. The maximum Gasteiger partial charge on any atom is 0.348 e. The molecule has 0 unspecified atom stereocenters. The Morgan fingerprint density at radius 1 is 1.08 bits per heavy atom. The molecule has 2 aromatic carbocycles. The summed E-state index contributed by atoms with van der Waals surface area (Å²) in [6.07, 6.45) is 0.131. The monoisotopic (exact) mass is 353 g/mol. The van der Waals surface area contributed by atoms with E-state index in [0.717, 1.165) is 18.4 Å². The summed E-state index contributed by atoms with van der Waals surface area (Å²) in [6.45, 7) is 3.56. The van der Waals surface area contributed by atoms with E-state index in [1.54, 1.807) is 25.1 Å². The van der Waals surface area contributed by atoms with Gasteiger partial charge in [-0.3, -0.25) is 4.79 Å². The van der Waals surface area contributed by atoms with Gasteiger partial charge < -0.3 is 14.8 Å². The summed E-state index contributed by atoms with van der Waals surface area (Å²) in [4.78, 5) is 25.0. The molecule has 0 spiro atoms. The van der Waals surface area contributed by atoms with Crippen LogP contribution in [0.15, 0.2) is 54.6 Å². The van der Waals surface area contributed by atoms with E-state index in [2.05, 4.69) is 5.32 Å². The van der Waals surface area contributed by atoms with E-state index in [0.29, 0.717) is 11.3 Å². The lowest BCUT2D eigenvalue weighted by molar-refractivity contribution is -0.162. The Balaban J connectivity index is 1.68. The van der Waals surface area contributed by atoms with Crippen LogP contribution < -0.4 is 10.1 Å². The minimum absolute atomic E-state index is 0.188. The lowest BCUT2D eigenvalue weighted by Gasteiger charge is -2.21. The van der Waals surface area contributed by atoms with Gasteiger partial charge in [-0.2, -0.15) is 0 Å². The van der Waals surface area contributed by atoms with Crippen molar-refractivity contribution in [3.05, 3.63) is 65.7 Å². The van der Waals surface area contributed by atoms with Crippen molar-refractivity contribution in [2.24, 2.45) is 0 Å². The number of aryl methyl sites for hydroxylation is 1.